The van der Waals surface area contributed by atoms with Crippen LogP contribution in [0.5, 0.6) is 0 Å². The smallest absolute Gasteiger partial charge is 0.306 e. The number of unbranched alkanes of at least 4 members (excludes halogenated alkanes) is 17. The minimum absolute atomic E-state index is 0.0208. The molecule has 0 bridgehead atoms. The molecule has 1 fully saturated rings. The molecule has 1 saturated carbocycles. The van der Waals surface area contributed by atoms with Gasteiger partial charge < -0.3 is 43.2 Å². The second-order valence-corrected chi connectivity index (χ2v) is 18.5. The summed E-state index contributed by atoms with van der Waals surface area (Å²) in [5.74, 6) is -0.702. The number of nitrogens with zero attached hydrogens (tertiary/aromatic N) is 1. The van der Waals surface area contributed by atoms with Crippen LogP contribution < -0.4 is 4.89 Å². The van der Waals surface area contributed by atoms with E-state index in [4.69, 9.17) is 18.5 Å². The van der Waals surface area contributed by atoms with Crippen LogP contribution in [0, 0.1) is 11.8 Å². The third kappa shape index (κ3) is 29.0. The summed E-state index contributed by atoms with van der Waals surface area (Å²) < 4.78 is 34.3. The standard InChI is InChI=1S/C44H84NO10P/c1-6-8-10-11-12-13-14-15-16-17-18-19-22-26-33-52-36-39(37-54-56(50,51)53-34-32-45(3,4)5)55-44(49)29-25-21-20-24-28-40-41(43(48)35-42(40)47)31-30-38(46)27-23-9-7-2/h26,30-31,33,38-43,46-48H,6-25,27-29,32,34-37H2,1-5H3/b31-30+,33-26+/t38-,39+,40+,41+,42-,43+/m0/s1. The van der Waals surface area contributed by atoms with Crippen molar-refractivity contribution in [1.29, 1.82) is 0 Å². The maximum atomic E-state index is 12.8. The van der Waals surface area contributed by atoms with Crippen molar-refractivity contribution in [2.45, 2.75) is 192 Å². The topological polar surface area (TPSA) is 155 Å². The molecule has 0 spiro atoms. The summed E-state index contributed by atoms with van der Waals surface area (Å²) in [6, 6.07) is 0. The first-order valence-electron chi connectivity index (χ1n) is 22.4. The van der Waals surface area contributed by atoms with Crippen molar-refractivity contribution < 1.29 is 52.6 Å². The van der Waals surface area contributed by atoms with Crippen LogP contribution >= 0.6 is 7.82 Å². The minimum atomic E-state index is -4.60. The van der Waals surface area contributed by atoms with Gasteiger partial charge in [0.2, 0.25) is 0 Å². The van der Waals surface area contributed by atoms with Crippen LogP contribution in [0.25, 0.3) is 0 Å². The van der Waals surface area contributed by atoms with E-state index in [-0.39, 0.29) is 31.5 Å². The zero-order valence-electron chi connectivity index (χ0n) is 36.2. The molecule has 1 unspecified atom stereocenters. The molecule has 56 heavy (non-hydrogen) atoms. The molecule has 7 atom stereocenters. The van der Waals surface area contributed by atoms with Crippen molar-refractivity contribution in [3.63, 3.8) is 0 Å². The van der Waals surface area contributed by atoms with Crippen LogP contribution in [0.2, 0.25) is 0 Å². The zero-order chi connectivity index (χ0) is 41.5. The largest absolute Gasteiger partial charge is 0.756 e. The average molecular weight is 818 g/mol. The maximum absolute atomic E-state index is 12.8. The van der Waals surface area contributed by atoms with Gasteiger partial charge in [0.25, 0.3) is 7.82 Å². The lowest BCUT2D eigenvalue weighted by Crippen LogP contribution is -2.37. The summed E-state index contributed by atoms with van der Waals surface area (Å²) in [5.41, 5.74) is 0. The quantitative estimate of drug-likeness (QED) is 0.0138. The predicted octanol–water partition coefficient (Wildman–Crippen LogP) is 8.92. The first-order chi connectivity index (χ1) is 26.8. The number of carbonyl (C=O) groups is 1. The molecule has 0 aliphatic heterocycles. The number of esters is 1. The Morgan fingerprint density at radius 3 is 2.04 bits per heavy atom. The van der Waals surface area contributed by atoms with Crippen LogP contribution in [0.15, 0.2) is 24.5 Å². The van der Waals surface area contributed by atoms with Gasteiger partial charge in [-0.3, -0.25) is 9.36 Å². The summed E-state index contributed by atoms with van der Waals surface area (Å²) in [6.07, 6.45) is 29.1. The van der Waals surface area contributed by atoms with Gasteiger partial charge in [-0.15, -0.1) is 0 Å². The molecule has 0 aromatic heterocycles. The lowest BCUT2D eigenvalue weighted by Gasteiger charge is -2.28. The van der Waals surface area contributed by atoms with E-state index in [2.05, 4.69) is 13.8 Å². The van der Waals surface area contributed by atoms with Crippen LogP contribution in [-0.4, -0.2) is 97.7 Å². The van der Waals surface area contributed by atoms with Crippen LogP contribution in [0.4, 0.5) is 0 Å². The Hall–Kier alpha value is -1.30. The highest BCUT2D eigenvalue weighted by Gasteiger charge is 2.39. The van der Waals surface area contributed by atoms with Gasteiger partial charge in [0.05, 0.1) is 52.3 Å². The Kier molecular flexibility index (Phi) is 30.6. The maximum Gasteiger partial charge on any atom is 0.306 e. The van der Waals surface area contributed by atoms with Gasteiger partial charge in [-0.05, 0) is 44.1 Å². The Bertz CT molecular complexity index is 1070. The minimum Gasteiger partial charge on any atom is -0.756 e. The van der Waals surface area contributed by atoms with Crippen molar-refractivity contribution in [1.82, 2.24) is 0 Å². The summed E-state index contributed by atoms with van der Waals surface area (Å²) in [7, 11) is 1.20. The molecule has 1 rings (SSSR count). The van der Waals surface area contributed by atoms with E-state index in [0.717, 1.165) is 57.8 Å². The highest BCUT2D eigenvalue weighted by Crippen LogP contribution is 2.39. The van der Waals surface area contributed by atoms with E-state index in [1.807, 2.05) is 33.3 Å². The average Bonchev–Trinajstić information content (AvgIpc) is 3.40. The van der Waals surface area contributed by atoms with Crippen molar-refractivity contribution >= 4 is 13.8 Å². The Morgan fingerprint density at radius 1 is 0.804 bits per heavy atom. The number of quaternary nitrogens is 1. The summed E-state index contributed by atoms with van der Waals surface area (Å²) in [5, 5.41) is 31.4. The van der Waals surface area contributed by atoms with E-state index in [1.54, 1.807) is 12.3 Å². The van der Waals surface area contributed by atoms with E-state index in [9.17, 15) is 29.6 Å². The fourth-order valence-electron chi connectivity index (χ4n) is 7.14. The van der Waals surface area contributed by atoms with Crippen LogP contribution in [-0.2, 0) is 27.9 Å². The number of aliphatic hydroxyl groups excluding tert-OH is 3. The number of ether oxygens (including phenoxy) is 2. The summed E-state index contributed by atoms with van der Waals surface area (Å²) in [6.45, 7) is 4.40. The van der Waals surface area contributed by atoms with Crippen molar-refractivity contribution in [2.75, 3.05) is 47.5 Å². The zero-order valence-corrected chi connectivity index (χ0v) is 37.1. The normalized spacial score (nSPS) is 21.2. The number of phosphoric ester groups is 1. The molecular weight excluding hydrogens is 733 g/mol. The van der Waals surface area contributed by atoms with Crippen molar-refractivity contribution in [3.8, 4) is 0 Å². The van der Waals surface area contributed by atoms with E-state index >= 15 is 0 Å². The fraction of sp³-hybridized carbons (Fsp3) is 0.886. The molecule has 330 valence electrons. The molecule has 0 aromatic rings. The SMILES string of the molecule is CCCCCCCCCCCCCC/C=C/OC[C@H](COP(=O)([O-])OCC[N+](C)(C)C)OC(=O)CCCCCC[C@@H]1[C@@H](/C=C/[C@@H](O)CCCCC)[C@H](O)C[C@@H]1O. The number of hydrogen-bond donors (Lipinski definition) is 3. The molecule has 0 heterocycles. The number of phosphoric acid groups is 1. The Labute approximate surface area is 341 Å². The Morgan fingerprint density at radius 2 is 1.39 bits per heavy atom. The monoisotopic (exact) mass is 818 g/mol. The number of hydrogen-bond acceptors (Lipinski definition) is 10. The molecule has 3 N–H and O–H groups in total. The molecule has 1 aliphatic rings. The fourth-order valence-corrected chi connectivity index (χ4v) is 7.87. The molecule has 0 radical (unpaired) electrons. The number of likely N-dealkylation sites (N-methyl/N-ethyl adjacent to an activating group) is 1. The number of rotatable bonds is 37. The molecule has 0 saturated heterocycles. The first-order valence-corrected chi connectivity index (χ1v) is 23.8. The van der Waals surface area contributed by atoms with Gasteiger partial charge in [0.15, 0.2) is 6.10 Å². The van der Waals surface area contributed by atoms with Gasteiger partial charge in [0, 0.05) is 18.8 Å². The van der Waals surface area contributed by atoms with Gasteiger partial charge >= 0.3 is 5.97 Å². The van der Waals surface area contributed by atoms with Crippen LogP contribution in [0.3, 0.4) is 0 Å². The first kappa shape index (κ1) is 52.7. The Balaban J connectivity index is 2.45. The lowest BCUT2D eigenvalue weighted by atomic mass is 9.88. The third-order valence-corrected chi connectivity index (χ3v) is 11.6. The molecule has 0 aromatic carbocycles. The van der Waals surface area contributed by atoms with E-state index in [0.29, 0.717) is 30.3 Å². The number of carbonyl (C=O) groups excluding carboxylic acids is 1. The third-order valence-electron chi connectivity index (χ3n) is 10.7. The van der Waals surface area contributed by atoms with Gasteiger partial charge in [-0.1, -0.05) is 135 Å². The number of aliphatic hydroxyl groups is 3. The van der Waals surface area contributed by atoms with Gasteiger partial charge in [-0.25, -0.2) is 0 Å². The van der Waals surface area contributed by atoms with Gasteiger partial charge in [-0.2, -0.15) is 0 Å². The molecule has 0 amide bonds. The summed E-state index contributed by atoms with van der Waals surface area (Å²) >= 11 is 0. The molecule has 1 aliphatic carbocycles. The second-order valence-electron chi connectivity index (χ2n) is 17.1. The van der Waals surface area contributed by atoms with E-state index in [1.165, 1.54) is 70.6 Å². The number of allylic oxidation sites excluding steroid dienone is 1. The van der Waals surface area contributed by atoms with Crippen LogP contribution in [0.1, 0.15) is 168 Å². The van der Waals surface area contributed by atoms with Crippen molar-refractivity contribution in [3.05, 3.63) is 24.5 Å². The summed E-state index contributed by atoms with van der Waals surface area (Å²) in [4.78, 5) is 25.2. The molecular formula is C44H84NO10P. The lowest BCUT2D eigenvalue weighted by molar-refractivity contribution is -0.870. The van der Waals surface area contributed by atoms with Gasteiger partial charge in [0.1, 0.15) is 19.8 Å². The molecule has 11 nitrogen and oxygen atoms in total. The van der Waals surface area contributed by atoms with Crippen molar-refractivity contribution in [2.24, 2.45) is 11.8 Å². The molecule has 12 heteroatoms. The predicted molar refractivity (Wildman–Crippen MR) is 224 cm³/mol. The highest BCUT2D eigenvalue weighted by molar-refractivity contribution is 7.45. The second kappa shape index (κ2) is 32.5. The van der Waals surface area contributed by atoms with E-state index < -0.39 is 44.8 Å². The highest BCUT2D eigenvalue weighted by atomic mass is 31.2.